The highest BCUT2D eigenvalue weighted by atomic mass is 16.4. The molecule has 0 radical (unpaired) electrons. The first-order chi connectivity index (χ1) is 17.0. The van der Waals surface area contributed by atoms with Crippen LogP contribution in [0.15, 0.2) is 11.6 Å². The summed E-state index contributed by atoms with van der Waals surface area (Å²) in [6, 6.07) is 0. The minimum absolute atomic E-state index is 0.0194. The van der Waals surface area contributed by atoms with Crippen LogP contribution in [0.1, 0.15) is 86.5 Å². The molecule has 0 aromatic rings. The normalized spacial score (nSPS) is 59.3. The summed E-state index contributed by atoms with van der Waals surface area (Å²) in [6.45, 7) is 11.9. The summed E-state index contributed by atoms with van der Waals surface area (Å²) >= 11 is 0. The topological polar surface area (TPSA) is 138 Å². The molecule has 4 fully saturated rings. The number of hydrogen-bond acceptors (Lipinski definition) is 6. The Balaban J connectivity index is 1.67. The van der Waals surface area contributed by atoms with Crippen molar-refractivity contribution in [2.24, 2.45) is 50.7 Å². The van der Waals surface area contributed by atoms with Gasteiger partial charge in [0.1, 0.15) is 6.10 Å². The van der Waals surface area contributed by atoms with Gasteiger partial charge in [-0.25, -0.2) is 0 Å². The average molecular weight is 521 g/mol. The lowest BCUT2D eigenvalue weighted by Crippen LogP contribution is -2.73. The van der Waals surface area contributed by atoms with E-state index in [1.165, 1.54) is 0 Å². The summed E-state index contributed by atoms with van der Waals surface area (Å²) in [5.74, 6) is -1.54. The lowest BCUT2D eigenvalue weighted by atomic mass is 9.32. The van der Waals surface area contributed by atoms with Gasteiger partial charge in [0.15, 0.2) is 0 Å². The number of aliphatic hydroxyl groups excluding tert-OH is 4. The molecular weight excluding hydrogens is 472 g/mol. The number of aliphatic hydroxyl groups is 5. The van der Waals surface area contributed by atoms with Crippen LogP contribution < -0.4 is 0 Å². The van der Waals surface area contributed by atoms with Crippen LogP contribution in [-0.2, 0) is 4.79 Å². The van der Waals surface area contributed by atoms with Gasteiger partial charge in [0.25, 0.3) is 0 Å². The standard InChI is InChI=1S/C30H48O7/c1-16-9-12-30(24(35)36)14-13-26(3)17(21(30)29(16,6)37)7-8-19-27(26,4)11-10-18-25(2,15-31)22(33)20(32)23(34)28(18,19)5/h7,16,18-23,31-34,37H,8-15H2,1-6H3,(H,35,36)/t16-,18+,19+,20+,21-,22+,23+,25+,26-,27-,28+,29-,30+/m1/s1. The van der Waals surface area contributed by atoms with Crippen molar-refractivity contribution >= 4 is 5.97 Å². The van der Waals surface area contributed by atoms with Crippen molar-refractivity contribution in [1.82, 2.24) is 0 Å². The van der Waals surface area contributed by atoms with Crippen LogP contribution in [0.3, 0.4) is 0 Å². The zero-order chi connectivity index (χ0) is 27.6. The number of fused-ring (bicyclic) bond motifs is 7. The number of allylic oxidation sites excluding steroid dienone is 1. The van der Waals surface area contributed by atoms with Gasteiger partial charge in [-0.15, -0.1) is 0 Å². The molecular formula is C30H48O7. The molecule has 0 aromatic carbocycles. The van der Waals surface area contributed by atoms with E-state index < -0.39 is 52.0 Å². The van der Waals surface area contributed by atoms with Gasteiger partial charge in [-0.3, -0.25) is 4.79 Å². The maximum atomic E-state index is 12.9. The lowest BCUT2D eigenvalue weighted by molar-refractivity contribution is -0.288. The van der Waals surface area contributed by atoms with E-state index in [1.54, 1.807) is 0 Å². The van der Waals surface area contributed by atoms with Crippen LogP contribution in [0.25, 0.3) is 0 Å². The summed E-state index contributed by atoms with van der Waals surface area (Å²) in [5.41, 5.74) is -3.45. The van der Waals surface area contributed by atoms with Crippen LogP contribution in [0, 0.1) is 50.7 Å². The van der Waals surface area contributed by atoms with Crippen LogP contribution in [0.2, 0.25) is 0 Å². The van der Waals surface area contributed by atoms with Crippen molar-refractivity contribution in [1.29, 1.82) is 0 Å². The molecule has 0 spiro atoms. The molecule has 5 aliphatic carbocycles. The molecule has 0 aliphatic heterocycles. The van der Waals surface area contributed by atoms with Crippen molar-refractivity contribution in [2.45, 2.75) is 110 Å². The van der Waals surface area contributed by atoms with Crippen molar-refractivity contribution in [3.63, 3.8) is 0 Å². The minimum Gasteiger partial charge on any atom is -0.481 e. The summed E-state index contributed by atoms with van der Waals surface area (Å²) < 4.78 is 0. The highest BCUT2D eigenvalue weighted by molar-refractivity contribution is 5.77. The second-order valence-electron chi connectivity index (χ2n) is 14.8. The van der Waals surface area contributed by atoms with Crippen LogP contribution in [0.4, 0.5) is 0 Å². The Labute approximate surface area is 221 Å². The summed E-state index contributed by atoms with van der Waals surface area (Å²) in [5, 5.41) is 66.4. The van der Waals surface area contributed by atoms with Gasteiger partial charge in [-0.2, -0.15) is 0 Å². The van der Waals surface area contributed by atoms with E-state index in [0.717, 1.165) is 12.0 Å². The lowest BCUT2D eigenvalue weighted by Gasteiger charge is -2.72. The summed E-state index contributed by atoms with van der Waals surface area (Å²) in [4.78, 5) is 12.9. The third-order valence-electron chi connectivity index (χ3n) is 13.8. The van der Waals surface area contributed by atoms with E-state index in [2.05, 4.69) is 19.9 Å². The fraction of sp³-hybridized carbons (Fsp3) is 0.900. The van der Waals surface area contributed by atoms with E-state index in [-0.39, 0.29) is 35.2 Å². The van der Waals surface area contributed by atoms with Crippen molar-refractivity contribution < 1.29 is 35.4 Å². The van der Waals surface area contributed by atoms with E-state index >= 15 is 0 Å². The zero-order valence-electron chi connectivity index (χ0n) is 23.4. The minimum atomic E-state index is -1.36. The summed E-state index contributed by atoms with van der Waals surface area (Å²) in [7, 11) is 0. The Morgan fingerprint density at radius 3 is 2.19 bits per heavy atom. The molecule has 13 atom stereocenters. The molecule has 0 heterocycles. The first-order valence-electron chi connectivity index (χ1n) is 14.3. The number of carboxylic acids is 1. The van der Waals surface area contributed by atoms with Gasteiger partial charge in [0, 0.05) is 16.7 Å². The Hall–Kier alpha value is -0.990. The fourth-order valence-electron chi connectivity index (χ4n) is 10.9. The van der Waals surface area contributed by atoms with Crippen LogP contribution in [-0.4, -0.2) is 67.1 Å². The van der Waals surface area contributed by atoms with Gasteiger partial charge in [0.2, 0.25) is 0 Å². The second kappa shape index (κ2) is 8.03. The highest BCUT2D eigenvalue weighted by Crippen LogP contribution is 2.76. The molecule has 0 bridgehead atoms. The molecule has 37 heavy (non-hydrogen) atoms. The van der Waals surface area contributed by atoms with Crippen molar-refractivity contribution in [3.8, 4) is 0 Å². The van der Waals surface area contributed by atoms with E-state index in [9.17, 15) is 35.4 Å². The molecule has 0 amide bonds. The zero-order valence-corrected chi connectivity index (χ0v) is 23.4. The molecule has 5 rings (SSSR count). The molecule has 7 heteroatoms. The number of aliphatic carboxylic acids is 1. The predicted octanol–water partition coefficient (Wildman–Crippen LogP) is 3.12. The van der Waals surface area contributed by atoms with Crippen LogP contribution in [0.5, 0.6) is 0 Å². The fourth-order valence-corrected chi connectivity index (χ4v) is 10.9. The maximum absolute atomic E-state index is 12.9. The predicted molar refractivity (Wildman–Crippen MR) is 138 cm³/mol. The smallest absolute Gasteiger partial charge is 0.310 e. The van der Waals surface area contributed by atoms with E-state index in [4.69, 9.17) is 0 Å². The number of rotatable bonds is 2. The van der Waals surface area contributed by atoms with Gasteiger partial charge < -0.3 is 30.6 Å². The number of carbonyl (C=O) groups is 1. The number of carboxylic acid groups (broad SMARTS) is 1. The van der Waals surface area contributed by atoms with Gasteiger partial charge in [0.05, 0.1) is 29.8 Å². The van der Waals surface area contributed by atoms with Gasteiger partial charge in [-0.05, 0) is 80.5 Å². The maximum Gasteiger partial charge on any atom is 0.310 e. The Kier molecular flexibility index (Phi) is 5.98. The van der Waals surface area contributed by atoms with Gasteiger partial charge in [-0.1, -0.05) is 46.3 Å². The monoisotopic (exact) mass is 520 g/mol. The molecule has 5 aliphatic rings. The SMILES string of the molecule is C[C@@H]1CC[C@]2(C(=O)O)CC[C@]3(C)C(=CC[C@@H]4[C@@]5(C)[C@@H](O)[C@@H](O)[C@H](O)[C@@](C)(CO)[C@@H]5CC[C@]43C)[C@@H]2[C@]1(C)O. The van der Waals surface area contributed by atoms with Crippen molar-refractivity contribution in [2.75, 3.05) is 6.61 Å². The second-order valence-corrected chi connectivity index (χ2v) is 14.8. The Morgan fingerprint density at radius 2 is 1.59 bits per heavy atom. The molecule has 6 N–H and O–H groups in total. The average Bonchev–Trinajstić information content (AvgIpc) is 2.84. The first kappa shape index (κ1) is 27.6. The number of hydrogen-bond donors (Lipinski definition) is 6. The Bertz CT molecular complexity index is 1010. The quantitative estimate of drug-likeness (QED) is 0.308. The Morgan fingerprint density at radius 1 is 0.946 bits per heavy atom. The van der Waals surface area contributed by atoms with Crippen LogP contribution >= 0.6 is 0 Å². The molecule has 0 unspecified atom stereocenters. The van der Waals surface area contributed by atoms with E-state index in [0.29, 0.717) is 38.5 Å². The summed E-state index contributed by atoms with van der Waals surface area (Å²) in [6.07, 6.45) is 3.00. The third kappa shape index (κ3) is 2.99. The molecule has 4 saturated carbocycles. The molecule has 0 aromatic heterocycles. The highest BCUT2D eigenvalue weighted by Gasteiger charge is 2.73. The van der Waals surface area contributed by atoms with E-state index in [1.807, 2.05) is 27.7 Å². The molecule has 210 valence electrons. The van der Waals surface area contributed by atoms with Gasteiger partial charge >= 0.3 is 5.97 Å². The molecule has 7 nitrogen and oxygen atoms in total. The first-order valence-corrected chi connectivity index (χ1v) is 14.3. The van der Waals surface area contributed by atoms with Crippen molar-refractivity contribution in [3.05, 3.63) is 11.6 Å². The molecule has 0 saturated heterocycles. The largest absolute Gasteiger partial charge is 0.481 e. The third-order valence-corrected chi connectivity index (χ3v) is 13.8.